The number of hydrogen-bond acceptors (Lipinski definition) is 3. The lowest BCUT2D eigenvalue weighted by atomic mass is 10.2. The van der Waals surface area contributed by atoms with E-state index in [2.05, 4.69) is 9.71 Å². The van der Waals surface area contributed by atoms with Gasteiger partial charge in [-0.3, -0.25) is 4.98 Å². The molecular weight excluding hydrogens is 297 g/mol. The van der Waals surface area contributed by atoms with Gasteiger partial charge < -0.3 is 4.72 Å². The Balaban J connectivity index is 2.16. The lowest BCUT2D eigenvalue weighted by molar-refractivity contribution is -0.137. The summed E-state index contributed by atoms with van der Waals surface area (Å²) in [6.45, 7) is 0. The molecule has 1 heterocycles. The van der Waals surface area contributed by atoms with Gasteiger partial charge in [0.05, 0.1) is 16.3 Å². The fraction of sp³-hybridized carbons (Fsp3) is 0.0833. The minimum Gasteiger partial charge on any atom is -0.324 e. The number of halogens is 4. The van der Waals surface area contributed by atoms with Gasteiger partial charge >= 0.3 is 6.18 Å². The maximum Gasteiger partial charge on any atom is 0.416 e. The number of nitrogens with one attached hydrogen (secondary N) is 1. The van der Waals surface area contributed by atoms with Crippen LogP contribution in [0.1, 0.15) is 5.56 Å². The summed E-state index contributed by atoms with van der Waals surface area (Å²) >= 11 is 7.00. The molecule has 0 fully saturated rings. The van der Waals surface area contributed by atoms with Crippen molar-refractivity contribution >= 4 is 29.2 Å². The number of benzene rings is 1. The molecule has 0 amide bonds. The number of nitrogens with zero attached hydrogens (tertiary/aromatic N) is 1. The number of pyridine rings is 1. The van der Waals surface area contributed by atoms with Gasteiger partial charge in [0, 0.05) is 17.3 Å². The standard InChI is InChI=1S/C12H8ClF3N2S/c13-10-4-3-8(12(14,15)16)6-11(10)18-19-9-2-1-5-17-7-9/h1-7,18H. The van der Waals surface area contributed by atoms with Crippen molar-refractivity contribution in [1.82, 2.24) is 4.98 Å². The fourth-order valence-electron chi connectivity index (χ4n) is 1.30. The Morgan fingerprint density at radius 2 is 2.00 bits per heavy atom. The zero-order valence-corrected chi connectivity index (χ0v) is 11.0. The highest BCUT2D eigenvalue weighted by molar-refractivity contribution is 8.00. The predicted octanol–water partition coefficient (Wildman–Crippen LogP) is 4.87. The van der Waals surface area contributed by atoms with Gasteiger partial charge in [0.2, 0.25) is 0 Å². The molecule has 0 bridgehead atoms. The molecule has 1 aromatic heterocycles. The monoisotopic (exact) mass is 304 g/mol. The van der Waals surface area contributed by atoms with Gasteiger partial charge in [-0.05, 0) is 42.3 Å². The van der Waals surface area contributed by atoms with Crippen LogP contribution >= 0.6 is 23.5 Å². The zero-order valence-electron chi connectivity index (χ0n) is 9.41. The van der Waals surface area contributed by atoms with Crippen LogP contribution in [0.3, 0.4) is 0 Å². The Hall–Kier alpha value is -1.40. The van der Waals surface area contributed by atoms with Crippen molar-refractivity contribution in [2.24, 2.45) is 0 Å². The van der Waals surface area contributed by atoms with Crippen molar-refractivity contribution in [3.8, 4) is 0 Å². The summed E-state index contributed by atoms with van der Waals surface area (Å²) in [6, 6.07) is 6.66. The molecule has 0 aliphatic rings. The van der Waals surface area contributed by atoms with Crippen LogP contribution in [-0.2, 0) is 6.18 Å². The molecule has 2 aromatic rings. The predicted molar refractivity (Wildman–Crippen MR) is 70.2 cm³/mol. The van der Waals surface area contributed by atoms with Crippen LogP contribution in [0.4, 0.5) is 18.9 Å². The lowest BCUT2D eigenvalue weighted by Crippen LogP contribution is -2.05. The first-order valence-corrected chi connectivity index (χ1v) is 6.36. The van der Waals surface area contributed by atoms with E-state index in [0.29, 0.717) is 0 Å². The quantitative estimate of drug-likeness (QED) is 0.819. The summed E-state index contributed by atoms with van der Waals surface area (Å²) < 4.78 is 40.5. The topological polar surface area (TPSA) is 24.9 Å². The Bertz CT molecular complexity index is 561. The molecule has 0 saturated carbocycles. The third-order valence-electron chi connectivity index (χ3n) is 2.21. The van der Waals surface area contributed by atoms with Crippen LogP contribution in [0.25, 0.3) is 0 Å². The summed E-state index contributed by atoms with van der Waals surface area (Å²) in [4.78, 5) is 4.68. The SMILES string of the molecule is FC(F)(F)c1ccc(Cl)c(NSc2cccnc2)c1. The van der Waals surface area contributed by atoms with E-state index >= 15 is 0 Å². The van der Waals surface area contributed by atoms with E-state index in [1.807, 2.05) is 0 Å². The normalized spacial score (nSPS) is 11.4. The number of rotatable bonds is 3. The lowest BCUT2D eigenvalue weighted by Gasteiger charge is -2.11. The van der Waals surface area contributed by atoms with Crippen molar-refractivity contribution in [3.63, 3.8) is 0 Å². The molecule has 0 unspecified atom stereocenters. The summed E-state index contributed by atoms with van der Waals surface area (Å²) in [5.74, 6) is 0. The molecule has 0 atom stereocenters. The maximum atomic E-state index is 12.6. The van der Waals surface area contributed by atoms with Gasteiger partial charge in [-0.1, -0.05) is 11.6 Å². The van der Waals surface area contributed by atoms with E-state index in [0.717, 1.165) is 29.0 Å². The Labute approximate surface area is 117 Å². The molecule has 2 rings (SSSR count). The zero-order chi connectivity index (χ0) is 13.9. The van der Waals surface area contributed by atoms with Crippen LogP contribution < -0.4 is 4.72 Å². The van der Waals surface area contributed by atoms with Crippen molar-refractivity contribution in [2.75, 3.05) is 4.72 Å². The van der Waals surface area contributed by atoms with E-state index in [4.69, 9.17) is 11.6 Å². The van der Waals surface area contributed by atoms with Crippen molar-refractivity contribution in [2.45, 2.75) is 11.1 Å². The van der Waals surface area contributed by atoms with Crippen molar-refractivity contribution in [1.29, 1.82) is 0 Å². The molecule has 19 heavy (non-hydrogen) atoms. The number of aromatic nitrogens is 1. The second-order valence-corrected chi connectivity index (χ2v) is 4.87. The van der Waals surface area contributed by atoms with Crippen LogP contribution in [0.2, 0.25) is 5.02 Å². The second kappa shape index (κ2) is 5.71. The van der Waals surface area contributed by atoms with E-state index in [-0.39, 0.29) is 10.7 Å². The van der Waals surface area contributed by atoms with Gasteiger partial charge in [0.1, 0.15) is 0 Å². The van der Waals surface area contributed by atoms with E-state index in [9.17, 15) is 13.2 Å². The molecular formula is C12H8ClF3N2S. The van der Waals surface area contributed by atoms with Gasteiger partial charge in [-0.25, -0.2) is 0 Å². The molecule has 0 radical (unpaired) electrons. The van der Waals surface area contributed by atoms with Gasteiger partial charge in [-0.15, -0.1) is 0 Å². The number of hydrogen-bond donors (Lipinski definition) is 1. The van der Waals surface area contributed by atoms with Crippen LogP contribution in [0, 0.1) is 0 Å². The molecule has 0 spiro atoms. The highest BCUT2D eigenvalue weighted by Crippen LogP contribution is 2.35. The largest absolute Gasteiger partial charge is 0.416 e. The third kappa shape index (κ3) is 3.78. The number of alkyl halides is 3. The summed E-state index contributed by atoms with van der Waals surface area (Å²) in [5.41, 5.74) is -0.531. The molecule has 1 aromatic carbocycles. The fourth-order valence-corrected chi connectivity index (χ4v) is 2.18. The maximum absolute atomic E-state index is 12.6. The number of anilines is 1. The second-order valence-electron chi connectivity index (χ2n) is 3.59. The summed E-state index contributed by atoms with van der Waals surface area (Å²) in [7, 11) is 0. The minimum absolute atomic E-state index is 0.213. The van der Waals surface area contributed by atoms with Gasteiger partial charge in [0.15, 0.2) is 0 Å². The van der Waals surface area contributed by atoms with Crippen molar-refractivity contribution < 1.29 is 13.2 Å². The highest BCUT2D eigenvalue weighted by Gasteiger charge is 2.30. The first-order chi connectivity index (χ1) is 8.97. The Morgan fingerprint density at radius 1 is 1.21 bits per heavy atom. The Kier molecular flexibility index (Phi) is 4.21. The third-order valence-corrected chi connectivity index (χ3v) is 3.34. The van der Waals surface area contributed by atoms with E-state index in [1.165, 1.54) is 6.07 Å². The first-order valence-electron chi connectivity index (χ1n) is 5.16. The smallest absolute Gasteiger partial charge is 0.324 e. The van der Waals surface area contributed by atoms with Gasteiger partial charge in [0.25, 0.3) is 0 Å². The highest BCUT2D eigenvalue weighted by atomic mass is 35.5. The van der Waals surface area contributed by atoms with Crippen molar-refractivity contribution in [3.05, 3.63) is 53.3 Å². The first kappa shape index (κ1) is 14.0. The van der Waals surface area contributed by atoms with E-state index in [1.54, 1.807) is 24.5 Å². The molecule has 2 nitrogen and oxygen atoms in total. The summed E-state index contributed by atoms with van der Waals surface area (Å²) in [5, 5.41) is 0.226. The van der Waals surface area contributed by atoms with E-state index < -0.39 is 11.7 Å². The Morgan fingerprint density at radius 3 is 2.63 bits per heavy atom. The van der Waals surface area contributed by atoms with Crippen LogP contribution in [-0.4, -0.2) is 4.98 Å². The molecule has 1 N–H and O–H groups in total. The van der Waals surface area contributed by atoms with Gasteiger partial charge in [-0.2, -0.15) is 13.2 Å². The minimum atomic E-state index is -4.39. The van der Waals surface area contributed by atoms with Crippen LogP contribution in [0.15, 0.2) is 47.6 Å². The molecule has 0 aliphatic heterocycles. The molecule has 100 valence electrons. The summed E-state index contributed by atoms with van der Waals surface area (Å²) in [6.07, 6.45) is -1.18. The van der Waals surface area contributed by atoms with Crippen LogP contribution in [0.5, 0.6) is 0 Å². The average molecular weight is 305 g/mol. The average Bonchev–Trinajstić information content (AvgIpc) is 2.37. The molecule has 0 aliphatic carbocycles. The molecule has 7 heteroatoms. The molecule has 0 saturated heterocycles.